The maximum atomic E-state index is 13.5. The van der Waals surface area contributed by atoms with Gasteiger partial charge >= 0.3 is 0 Å². The number of aromatic nitrogens is 1. The molecule has 28 heavy (non-hydrogen) atoms. The van der Waals surface area contributed by atoms with E-state index in [0.717, 1.165) is 36.8 Å². The Morgan fingerprint density at radius 2 is 1.64 bits per heavy atom. The first kappa shape index (κ1) is 19.2. The molecule has 2 aromatic rings. The van der Waals surface area contributed by atoms with E-state index in [-0.39, 0.29) is 12.5 Å². The van der Waals surface area contributed by atoms with E-state index >= 15 is 0 Å². The van der Waals surface area contributed by atoms with Crippen LogP contribution in [0.5, 0.6) is 0 Å². The van der Waals surface area contributed by atoms with Crippen LogP contribution in [-0.4, -0.2) is 33.2 Å². The summed E-state index contributed by atoms with van der Waals surface area (Å²) >= 11 is 0. The van der Waals surface area contributed by atoms with Crippen molar-refractivity contribution in [2.24, 2.45) is 0 Å². The average molecular weight is 383 g/mol. The first-order valence-electron chi connectivity index (χ1n) is 10.8. The van der Waals surface area contributed by atoms with Gasteiger partial charge in [-0.15, -0.1) is 0 Å². The molecule has 1 N–H and O–H groups in total. The van der Waals surface area contributed by atoms with Crippen molar-refractivity contribution in [3.63, 3.8) is 0 Å². The van der Waals surface area contributed by atoms with Gasteiger partial charge in [-0.1, -0.05) is 61.9 Å². The summed E-state index contributed by atoms with van der Waals surface area (Å²) in [5.41, 5.74) is 2.05. The van der Waals surface area contributed by atoms with Crippen LogP contribution in [0.15, 0.2) is 34.9 Å². The second kappa shape index (κ2) is 8.91. The van der Waals surface area contributed by atoms with Gasteiger partial charge in [0.15, 0.2) is 11.5 Å². The zero-order valence-corrected chi connectivity index (χ0v) is 16.5. The molecule has 0 unspecified atom stereocenters. The van der Waals surface area contributed by atoms with Gasteiger partial charge in [-0.25, -0.2) is 0 Å². The van der Waals surface area contributed by atoms with Gasteiger partial charge in [0.05, 0.1) is 6.61 Å². The summed E-state index contributed by atoms with van der Waals surface area (Å²) in [4.78, 5) is 15.6. The smallest absolute Gasteiger partial charge is 0.276 e. The minimum atomic E-state index is -0.0229. The lowest BCUT2D eigenvalue weighted by molar-refractivity contribution is 0.0438. The Bertz CT molecular complexity index is 771. The van der Waals surface area contributed by atoms with E-state index in [2.05, 4.69) is 10.1 Å². The van der Waals surface area contributed by atoms with Crippen molar-refractivity contribution in [1.82, 2.24) is 10.1 Å². The number of aliphatic hydroxyl groups excluding tert-OH is 1. The molecule has 4 rings (SSSR count). The first-order valence-corrected chi connectivity index (χ1v) is 10.8. The van der Waals surface area contributed by atoms with Crippen molar-refractivity contribution in [3.05, 3.63) is 41.6 Å². The van der Waals surface area contributed by atoms with Gasteiger partial charge in [-0.3, -0.25) is 4.79 Å². The Hall–Kier alpha value is -2.14. The van der Waals surface area contributed by atoms with Crippen LogP contribution in [0.25, 0.3) is 11.3 Å². The van der Waals surface area contributed by atoms with Crippen LogP contribution in [0, 0.1) is 0 Å². The molecule has 2 aliphatic rings. The van der Waals surface area contributed by atoms with Crippen LogP contribution < -0.4 is 0 Å². The lowest BCUT2D eigenvalue weighted by Gasteiger charge is -2.41. The molecule has 1 aromatic heterocycles. The van der Waals surface area contributed by atoms with Gasteiger partial charge in [0.2, 0.25) is 0 Å². The van der Waals surface area contributed by atoms with E-state index in [9.17, 15) is 9.90 Å². The Balaban J connectivity index is 1.58. The molecular formula is C23H30N2O3. The quantitative estimate of drug-likeness (QED) is 0.795. The highest BCUT2D eigenvalue weighted by Crippen LogP contribution is 2.32. The molecule has 2 aliphatic carbocycles. The van der Waals surface area contributed by atoms with Crippen LogP contribution in [0.4, 0.5) is 0 Å². The molecule has 5 nitrogen and oxygen atoms in total. The summed E-state index contributed by atoms with van der Waals surface area (Å²) in [5, 5.41) is 13.5. The molecule has 5 heteroatoms. The number of hydrogen-bond acceptors (Lipinski definition) is 4. The van der Waals surface area contributed by atoms with Gasteiger partial charge in [0.25, 0.3) is 5.91 Å². The Labute approximate surface area is 166 Å². The van der Waals surface area contributed by atoms with Crippen LogP contribution in [0.2, 0.25) is 0 Å². The third-order valence-electron chi connectivity index (χ3n) is 6.29. The zero-order valence-electron chi connectivity index (χ0n) is 16.5. The van der Waals surface area contributed by atoms with Gasteiger partial charge in [0.1, 0.15) is 0 Å². The predicted octanol–water partition coefficient (Wildman–Crippen LogP) is 4.94. The molecule has 1 aromatic carbocycles. The van der Waals surface area contributed by atoms with Gasteiger partial charge in [0, 0.05) is 23.7 Å². The molecule has 0 atom stereocenters. The zero-order chi connectivity index (χ0) is 19.3. The molecule has 0 saturated heterocycles. The number of nitrogens with zero attached hydrogens (tertiary/aromatic N) is 2. The molecule has 2 saturated carbocycles. The number of aliphatic hydroxyl groups is 1. The molecule has 2 fully saturated rings. The monoisotopic (exact) mass is 382 g/mol. The fraction of sp³-hybridized carbons (Fsp3) is 0.565. The van der Waals surface area contributed by atoms with Crippen molar-refractivity contribution in [2.45, 2.75) is 82.9 Å². The highest BCUT2D eigenvalue weighted by atomic mass is 16.5. The summed E-state index contributed by atoms with van der Waals surface area (Å²) < 4.78 is 5.52. The molecule has 150 valence electrons. The highest BCUT2D eigenvalue weighted by Gasteiger charge is 2.34. The maximum Gasteiger partial charge on any atom is 0.276 e. The molecule has 0 spiro atoms. The molecule has 0 aliphatic heterocycles. The van der Waals surface area contributed by atoms with Gasteiger partial charge < -0.3 is 14.5 Å². The number of hydrogen-bond donors (Lipinski definition) is 1. The number of benzene rings is 1. The average Bonchev–Trinajstić information content (AvgIpc) is 3.26. The molecule has 0 radical (unpaired) electrons. The van der Waals surface area contributed by atoms with Crippen LogP contribution in [-0.2, 0) is 6.61 Å². The van der Waals surface area contributed by atoms with E-state index in [1.165, 1.54) is 38.5 Å². The fourth-order valence-electron chi connectivity index (χ4n) is 4.82. The predicted molar refractivity (Wildman–Crippen MR) is 108 cm³/mol. The van der Waals surface area contributed by atoms with Crippen molar-refractivity contribution < 1.29 is 14.4 Å². The van der Waals surface area contributed by atoms with Gasteiger partial charge in [-0.05, 0) is 37.3 Å². The van der Waals surface area contributed by atoms with Crippen molar-refractivity contribution in [1.29, 1.82) is 0 Å². The van der Waals surface area contributed by atoms with Gasteiger partial charge in [-0.2, -0.15) is 0 Å². The summed E-state index contributed by atoms with van der Waals surface area (Å²) in [6.45, 7) is -0.0229. The van der Waals surface area contributed by atoms with Crippen LogP contribution >= 0.6 is 0 Å². The van der Waals surface area contributed by atoms with Crippen LogP contribution in [0.1, 0.15) is 80.3 Å². The number of carbonyl (C=O) groups is 1. The summed E-state index contributed by atoms with van der Waals surface area (Å²) in [6.07, 6.45) is 11.8. The SMILES string of the molecule is O=C(c1cc(-c2cccc(CO)c2)on1)N(C1CCCCC1)C1CCCCC1. The van der Waals surface area contributed by atoms with E-state index in [1.807, 2.05) is 24.3 Å². The third-order valence-corrected chi connectivity index (χ3v) is 6.29. The number of rotatable bonds is 5. The molecular weight excluding hydrogens is 352 g/mol. The molecule has 1 amide bonds. The summed E-state index contributed by atoms with van der Waals surface area (Å²) in [5.74, 6) is 0.595. The van der Waals surface area contributed by atoms with E-state index in [4.69, 9.17) is 4.52 Å². The minimum Gasteiger partial charge on any atom is -0.392 e. The highest BCUT2D eigenvalue weighted by molar-refractivity contribution is 5.93. The Morgan fingerprint density at radius 3 is 2.25 bits per heavy atom. The largest absolute Gasteiger partial charge is 0.392 e. The lowest BCUT2D eigenvalue weighted by Crippen LogP contribution is -2.48. The first-order chi connectivity index (χ1) is 13.8. The molecule has 0 bridgehead atoms. The standard InChI is InChI=1S/C23H30N2O3/c26-16-17-8-7-9-18(14-17)22-15-21(24-28-22)23(27)25(19-10-3-1-4-11-19)20-12-5-2-6-13-20/h7-9,14-15,19-20,26H,1-6,10-13,16H2. The minimum absolute atomic E-state index is 0.0205. The van der Waals surface area contributed by atoms with Crippen molar-refractivity contribution >= 4 is 5.91 Å². The number of amides is 1. The Kier molecular flexibility index (Phi) is 6.10. The topological polar surface area (TPSA) is 66.6 Å². The van der Waals surface area contributed by atoms with E-state index in [0.29, 0.717) is 23.5 Å². The fourth-order valence-corrected chi connectivity index (χ4v) is 4.82. The summed E-state index contributed by atoms with van der Waals surface area (Å²) in [6, 6.07) is 9.95. The summed E-state index contributed by atoms with van der Waals surface area (Å²) in [7, 11) is 0. The molecule has 1 heterocycles. The lowest BCUT2D eigenvalue weighted by atomic mass is 9.88. The normalized spacial score (nSPS) is 18.9. The third kappa shape index (κ3) is 4.14. The van der Waals surface area contributed by atoms with Crippen molar-refractivity contribution in [2.75, 3.05) is 0 Å². The second-order valence-electron chi connectivity index (χ2n) is 8.23. The van der Waals surface area contributed by atoms with Crippen molar-refractivity contribution in [3.8, 4) is 11.3 Å². The van der Waals surface area contributed by atoms with Crippen LogP contribution in [0.3, 0.4) is 0 Å². The maximum absolute atomic E-state index is 13.5. The second-order valence-corrected chi connectivity index (χ2v) is 8.23. The van der Waals surface area contributed by atoms with E-state index in [1.54, 1.807) is 6.07 Å². The number of carbonyl (C=O) groups excluding carboxylic acids is 1. The Morgan fingerprint density at radius 1 is 1.00 bits per heavy atom. The van der Waals surface area contributed by atoms with E-state index < -0.39 is 0 Å².